The molecule has 1 aromatic rings. The third kappa shape index (κ3) is 4.04. The summed E-state index contributed by atoms with van der Waals surface area (Å²) >= 11 is 3.18. The van der Waals surface area contributed by atoms with E-state index in [1.54, 1.807) is 26.8 Å². The fraction of sp³-hybridized carbons (Fsp3) is 0.455. The van der Waals surface area contributed by atoms with E-state index in [-0.39, 0.29) is 4.90 Å². The summed E-state index contributed by atoms with van der Waals surface area (Å²) in [5.41, 5.74) is 0.0523. The maximum atomic E-state index is 13.7. The minimum atomic E-state index is -3.81. The normalized spacial score (nSPS) is 12.8. The molecule has 1 aromatic carbocycles. The lowest BCUT2D eigenvalue weighted by Crippen LogP contribution is -2.40. The summed E-state index contributed by atoms with van der Waals surface area (Å²) in [5.74, 6) is -0.737. The predicted octanol–water partition coefficient (Wildman–Crippen LogP) is 2.80. The van der Waals surface area contributed by atoms with Gasteiger partial charge in [-0.2, -0.15) is 0 Å². The van der Waals surface area contributed by atoms with Crippen LogP contribution in [0.5, 0.6) is 0 Å². The summed E-state index contributed by atoms with van der Waals surface area (Å²) in [6, 6.07) is 4.07. The molecule has 6 heteroatoms. The fourth-order valence-corrected chi connectivity index (χ4v) is 3.13. The largest absolute Gasteiger partial charge is 0.243 e. The molecule has 1 rings (SSSR count). The highest BCUT2D eigenvalue weighted by molar-refractivity contribution is 9.08. The fourth-order valence-electron chi connectivity index (χ4n) is 1.30. The van der Waals surface area contributed by atoms with Crippen LogP contribution in [-0.4, -0.2) is 14.0 Å². The summed E-state index contributed by atoms with van der Waals surface area (Å²) in [6.45, 7) is 5.11. The molecule has 0 saturated heterocycles. The zero-order chi connectivity index (χ0) is 13.3. The van der Waals surface area contributed by atoms with Crippen molar-refractivity contribution in [3.63, 3.8) is 0 Å². The van der Waals surface area contributed by atoms with E-state index in [0.717, 1.165) is 0 Å². The van der Waals surface area contributed by atoms with Crippen molar-refractivity contribution in [2.45, 2.75) is 36.5 Å². The average Bonchev–Trinajstić information content (AvgIpc) is 2.13. The van der Waals surface area contributed by atoms with Gasteiger partial charge in [0.1, 0.15) is 10.7 Å². The summed E-state index contributed by atoms with van der Waals surface area (Å²) in [5, 5.41) is 0.483. The molecule has 0 aliphatic rings. The maximum absolute atomic E-state index is 13.7. The SMILES string of the molecule is CC(C)(C)NS(=O)(=O)c1ccc(CBr)cc1F. The Morgan fingerprint density at radius 2 is 1.94 bits per heavy atom. The lowest BCUT2D eigenvalue weighted by molar-refractivity contribution is 0.486. The molecule has 96 valence electrons. The molecule has 0 radical (unpaired) electrons. The summed E-state index contributed by atoms with van der Waals surface area (Å²) < 4.78 is 39.9. The lowest BCUT2D eigenvalue weighted by atomic mass is 10.1. The topological polar surface area (TPSA) is 46.2 Å². The van der Waals surface area contributed by atoms with Gasteiger partial charge in [0.05, 0.1) is 0 Å². The molecule has 0 aliphatic carbocycles. The van der Waals surface area contributed by atoms with Gasteiger partial charge in [0.2, 0.25) is 10.0 Å². The minimum absolute atomic E-state index is 0.322. The molecule has 0 aliphatic heterocycles. The smallest absolute Gasteiger partial charge is 0.207 e. The van der Waals surface area contributed by atoms with Gasteiger partial charge in [-0.3, -0.25) is 0 Å². The first kappa shape index (κ1) is 14.6. The number of benzene rings is 1. The quantitative estimate of drug-likeness (QED) is 0.869. The molecular formula is C11H15BrFNO2S. The summed E-state index contributed by atoms with van der Waals surface area (Å²) in [6.07, 6.45) is 0. The van der Waals surface area contributed by atoms with Crippen molar-refractivity contribution in [1.82, 2.24) is 4.72 Å². The van der Waals surface area contributed by atoms with E-state index >= 15 is 0 Å². The monoisotopic (exact) mass is 323 g/mol. The van der Waals surface area contributed by atoms with Crippen LogP contribution in [0, 0.1) is 5.82 Å². The van der Waals surface area contributed by atoms with Crippen molar-refractivity contribution in [3.05, 3.63) is 29.6 Å². The van der Waals surface area contributed by atoms with Crippen molar-refractivity contribution in [1.29, 1.82) is 0 Å². The highest BCUT2D eigenvalue weighted by Gasteiger charge is 2.24. The zero-order valence-corrected chi connectivity index (χ0v) is 12.3. The van der Waals surface area contributed by atoms with E-state index in [9.17, 15) is 12.8 Å². The van der Waals surface area contributed by atoms with Crippen LogP contribution in [0.15, 0.2) is 23.1 Å². The number of sulfonamides is 1. The molecule has 0 unspecified atom stereocenters. The Balaban J connectivity index is 3.16. The van der Waals surface area contributed by atoms with Gasteiger partial charge < -0.3 is 0 Å². The second-order valence-electron chi connectivity index (χ2n) is 4.75. The first-order chi connectivity index (χ1) is 7.65. The van der Waals surface area contributed by atoms with Crippen LogP contribution in [0.1, 0.15) is 26.3 Å². The Morgan fingerprint density at radius 3 is 2.35 bits per heavy atom. The Kier molecular flexibility index (Phi) is 4.33. The molecule has 0 saturated carbocycles. The molecule has 1 N–H and O–H groups in total. The number of hydrogen-bond acceptors (Lipinski definition) is 2. The maximum Gasteiger partial charge on any atom is 0.243 e. The van der Waals surface area contributed by atoms with Gasteiger partial charge in [-0.05, 0) is 38.5 Å². The van der Waals surface area contributed by atoms with Gasteiger partial charge in [0.25, 0.3) is 0 Å². The zero-order valence-electron chi connectivity index (χ0n) is 9.92. The molecule has 0 amide bonds. The molecule has 0 fully saturated rings. The molecule has 3 nitrogen and oxygen atoms in total. The third-order valence-electron chi connectivity index (χ3n) is 1.88. The molecule has 0 spiro atoms. The van der Waals surface area contributed by atoms with Gasteiger partial charge in [0.15, 0.2) is 0 Å². The number of nitrogens with one attached hydrogen (secondary N) is 1. The van der Waals surface area contributed by atoms with E-state index in [4.69, 9.17) is 0 Å². The molecule has 0 atom stereocenters. The second kappa shape index (κ2) is 5.04. The Morgan fingerprint density at radius 1 is 1.35 bits per heavy atom. The van der Waals surface area contributed by atoms with Crippen LogP contribution >= 0.6 is 15.9 Å². The number of hydrogen-bond donors (Lipinski definition) is 1. The van der Waals surface area contributed by atoms with Crippen LogP contribution in [0.4, 0.5) is 4.39 Å². The van der Waals surface area contributed by atoms with Crippen LogP contribution in [0.25, 0.3) is 0 Å². The van der Waals surface area contributed by atoms with Crippen molar-refractivity contribution >= 4 is 26.0 Å². The van der Waals surface area contributed by atoms with Crippen molar-refractivity contribution < 1.29 is 12.8 Å². The van der Waals surface area contributed by atoms with E-state index in [0.29, 0.717) is 10.9 Å². The van der Waals surface area contributed by atoms with Crippen molar-refractivity contribution in [2.75, 3.05) is 0 Å². The van der Waals surface area contributed by atoms with Gasteiger partial charge in [0, 0.05) is 10.9 Å². The van der Waals surface area contributed by atoms with Crippen LogP contribution in [-0.2, 0) is 15.4 Å². The highest BCUT2D eigenvalue weighted by Crippen LogP contribution is 2.19. The first-order valence-corrected chi connectivity index (χ1v) is 7.64. The lowest BCUT2D eigenvalue weighted by Gasteiger charge is -2.20. The van der Waals surface area contributed by atoms with Crippen LogP contribution < -0.4 is 4.72 Å². The summed E-state index contributed by atoms with van der Waals surface area (Å²) in [4.78, 5) is -0.322. The molecule has 0 bridgehead atoms. The minimum Gasteiger partial charge on any atom is -0.207 e. The van der Waals surface area contributed by atoms with Crippen molar-refractivity contribution in [3.8, 4) is 0 Å². The van der Waals surface area contributed by atoms with Gasteiger partial charge in [-0.25, -0.2) is 17.5 Å². The van der Waals surface area contributed by atoms with Gasteiger partial charge >= 0.3 is 0 Å². The first-order valence-electron chi connectivity index (χ1n) is 5.04. The van der Waals surface area contributed by atoms with Crippen LogP contribution in [0.3, 0.4) is 0 Å². The van der Waals surface area contributed by atoms with E-state index in [1.165, 1.54) is 12.1 Å². The van der Waals surface area contributed by atoms with E-state index < -0.39 is 21.4 Å². The molecule has 0 aromatic heterocycles. The predicted molar refractivity (Wildman–Crippen MR) is 69.1 cm³/mol. The van der Waals surface area contributed by atoms with Gasteiger partial charge in [-0.1, -0.05) is 22.0 Å². The van der Waals surface area contributed by atoms with Crippen LogP contribution in [0.2, 0.25) is 0 Å². The number of halogens is 2. The number of rotatable bonds is 3. The van der Waals surface area contributed by atoms with Gasteiger partial charge in [-0.15, -0.1) is 0 Å². The standard InChI is InChI=1S/C11H15BrFNO2S/c1-11(2,3)14-17(15,16)10-5-4-8(7-12)6-9(10)13/h4-6,14H,7H2,1-3H3. The molecular weight excluding hydrogens is 309 g/mol. The Labute approximate surface area is 110 Å². The van der Waals surface area contributed by atoms with Crippen molar-refractivity contribution in [2.24, 2.45) is 0 Å². The molecule has 0 heterocycles. The molecule has 17 heavy (non-hydrogen) atoms. The number of alkyl halides is 1. The third-order valence-corrected chi connectivity index (χ3v) is 4.32. The highest BCUT2D eigenvalue weighted by atomic mass is 79.9. The summed E-state index contributed by atoms with van der Waals surface area (Å²) in [7, 11) is -3.81. The Bertz CT molecular complexity index is 509. The van der Waals surface area contributed by atoms with E-state index in [2.05, 4.69) is 20.7 Å². The Hall–Kier alpha value is -0.460. The average molecular weight is 324 g/mol. The second-order valence-corrected chi connectivity index (χ2v) is 6.97. The van der Waals surface area contributed by atoms with E-state index in [1.807, 2.05) is 0 Å².